The fourth-order valence-corrected chi connectivity index (χ4v) is 2.62. The van der Waals surface area contributed by atoms with E-state index in [1.54, 1.807) is 36.5 Å². The van der Waals surface area contributed by atoms with Gasteiger partial charge < -0.3 is 14.5 Å². The molecule has 29 heavy (non-hydrogen) atoms. The minimum atomic E-state index is -0.140. The van der Waals surface area contributed by atoms with Crippen LogP contribution in [-0.2, 0) is 11.2 Å². The maximum absolute atomic E-state index is 12.2. The molecule has 0 saturated carbocycles. The van der Waals surface area contributed by atoms with Gasteiger partial charge in [-0.1, -0.05) is 24.3 Å². The van der Waals surface area contributed by atoms with Gasteiger partial charge >= 0.3 is 0 Å². The summed E-state index contributed by atoms with van der Waals surface area (Å²) in [5.74, 6) is 2.05. The van der Waals surface area contributed by atoms with E-state index in [1.165, 1.54) is 0 Å². The molecule has 4 aromatic rings. The summed E-state index contributed by atoms with van der Waals surface area (Å²) >= 11 is 0. The average Bonchev–Trinajstić information content (AvgIpc) is 3.24. The predicted octanol–water partition coefficient (Wildman–Crippen LogP) is 4.50. The number of aromatic nitrogens is 3. The Morgan fingerprint density at radius 2 is 1.66 bits per heavy atom. The third kappa shape index (κ3) is 5.04. The van der Waals surface area contributed by atoms with Gasteiger partial charge in [-0.2, -0.15) is 0 Å². The van der Waals surface area contributed by atoms with Crippen LogP contribution in [-0.4, -0.2) is 21.1 Å². The number of anilines is 1. The lowest BCUT2D eigenvalue weighted by atomic mass is 10.2. The Balaban J connectivity index is 1.28. The van der Waals surface area contributed by atoms with Crippen LogP contribution in [0.3, 0.4) is 0 Å². The van der Waals surface area contributed by atoms with Crippen LogP contribution >= 0.6 is 0 Å². The molecule has 0 unspecified atom stereocenters. The molecule has 0 spiro atoms. The maximum Gasteiger partial charge on any atom is 0.266 e. The first-order valence-electron chi connectivity index (χ1n) is 9.13. The highest BCUT2D eigenvalue weighted by Gasteiger charge is 2.11. The van der Waals surface area contributed by atoms with Crippen LogP contribution in [0.15, 0.2) is 83.4 Å². The Bertz CT molecular complexity index is 1060. The van der Waals surface area contributed by atoms with E-state index in [0.717, 1.165) is 5.75 Å². The van der Waals surface area contributed by atoms with Crippen LogP contribution in [0, 0.1) is 0 Å². The van der Waals surface area contributed by atoms with Crippen molar-refractivity contribution >= 4 is 11.6 Å². The van der Waals surface area contributed by atoms with Gasteiger partial charge in [-0.3, -0.25) is 9.78 Å². The quantitative estimate of drug-likeness (QED) is 0.503. The number of ether oxygens (including phenoxy) is 1. The van der Waals surface area contributed by atoms with E-state index in [2.05, 4.69) is 20.5 Å². The summed E-state index contributed by atoms with van der Waals surface area (Å²) in [6.45, 7) is 0. The smallest absolute Gasteiger partial charge is 0.266 e. The second kappa shape index (κ2) is 8.79. The molecular formula is C22H18N4O3. The van der Waals surface area contributed by atoms with Gasteiger partial charge in [0.05, 0.1) is 0 Å². The number of hydrogen-bond acceptors (Lipinski definition) is 6. The van der Waals surface area contributed by atoms with Crippen LogP contribution in [0.2, 0.25) is 0 Å². The molecule has 144 valence electrons. The molecule has 7 heteroatoms. The fourth-order valence-electron chi connectivity index (χ4n) is 2.62. The van der Waals surface area contributed by atoms with Crippen molar-refractivity contribution in [1.82, 2.24) is 15.2 Å². The molecule has 1 N–H and O–H groups in total. The lowest BCUT2D eigenvalue weighted by Gasteiger charge is -2.07. The van der Waals surface area contributed by atoms with Crippen LogP contribution in [0.5, 0.6) is 11.5 Å². The molecule has 2 aromatic heterocycles. The monoisotopic (exact) mass is 386 g/mol. The summed E-state index contributed by atoms with van der Waals surface area (Å²) < 4.78 is 11.3. The van der Waals surface area contributed by atoms with Crippen molar-refractivity contribution in [3.8, 4) is 23.1 Å². The number of para-hydroxylation sites is 1. The molecule has 0 radical (unpaired) electrons. The van der Waals surface area contributed by atoms with E-state index in [1.807, 2.05) is 42.5 Å². The van der Waals surface area contributed by atoms with Gasteiger partial charge in [-0.05, 0) is 48.5 Å². The summed E-state index contributed by atoms with van der Waals surface area (Å²) in [6.07, 6.45) is 2.23. The van der Waals surface area contributed by atoms with E-state index in [-0.39, 0.29) is 12.3 Å². The van der Waals surface area contributed by atoms with Crippen molar-refractivity contribution < 1.29 is 13.9 Å². The summed E-state index contributed by atoms with van der Waals surface area (Å²) in [5.41, 5.74) is 1.30. The van der Waals surface area contributed by atoms with Crippen molar-refractivity contribution in [3.05, 3.63) is 84.9 Å². The minimum Gasteiger partial charge on any atom is -0.457 e. The Morgan fingerprint density at radius 1 is 0.897 bits per heavy atom. The van der Waals surface area contributed by atoms with Crippen molar-refractivity contribution in [1.29, 1.82) is 0 Å². The minimum absolute atomic E-state index is 0.140. The zero-order chi connectivity index (χ0) is 19.9. The molecule has 0 aliphatic rings. The summed E-state index contributed by atoms with van der Waals surface area (Å²) in [6, 6.07) is 22.2. The van der Waals surface area contributed by atoms with Crippen molar-refractivity contribution in [3.63, 3.8) is 0 Å². The Morgan fingerprint density at radius 3 is 2.41 bits per heavy atom. The first-order valence-corrected chi connectivity index (χ1v) is 9.13. The first-order chi connectivity index (χ1) is 14.3. The molecule has 0 atom stereocenters. The molecule has 0 aliphatic carbocycles. The lowest BCUT2D eigenvalue weighted by molar-refractivity contribution is -0.116. The molecule has 2 heterocycles. The molecule has 0 fully saturated rings. The van der Waals surface area contributed by atoms with Crippen LogP contribution in [0.4, 0.5) is 5.69 Å². The maximum atomic E-state index is 12.2. The predicted molar refractivity (Wildman–Crippen MR) is 107 cm³/mol. The number of nitrogens with one attached hydrogen (secondary N) is 1. The summed E-state index contributed by atoms with van der Waals surface area (Å²) in [5, 5.41) is 10.8. The number of hydrogen-bond donors (Lipinski definition) is 1. The Kier molecular flexibility index (Phi) is 5.57. The van der Waals surface area contributed by atoms with E-state index in [9.17, 15) is 4.79 Å². The van der Waals surface area contributed by atoms with Gasteiger partial charge in [-0.25, -0.2) is 0 Å². The molecule has 0 saturated heterocycles. The van der Waals surface area contributed by atoms with Crippen LogP contribution < -0.4 is 10.1 Å². The van der Waals surface area contributed by atoms with E-state index in [0.29, 0.717) is 35.3 Å². The van der Waals surface area contributed by atoms with Gasteiger partial charge in [0.2, 0.25) is 11.8 Å². The van der Waals surface area contributed by atoms with Gasteiger partial charge in [0.1, 0.15) is 17.2 Å². The van der Waals surface area contributed by atoms with Crippen LogP contribution in [0.1, 0.15) is 12.3 Å². The first kappa shape index (κ1) is 18.4. The topological polar surface area (TPSA) is 90.1 Å². The SMILES string of the molecule is O=C(CCc1nnc(-c2ccccn2)o1)Nc1ccc(Oc2ccccc2)cc1. The van der Waals surface area contributed by atoms with Crippen molar-refractivity contribution in [2.24, 2.45) is 0 Å². The second-order valence-corrected chi connectivity index (χ2v) is 6.20. The highest BCUT2D eigenvalue weighted by atomic mass is 16.5. The van der Waals surface area contributed by atoms with Gasteiger partial charge in [-0.15, -0.1) is 10.2 Å². The van der Waals surface area contributed by atoms with E-state index >= 15 is 0 Å². The van der Waals surface area contributed by atoms with Gasteiger partial charge in [0, 0.05) is 24.7 Å². The summed E-state index contributed by atoms with van der Waals surface area (Å²) in [7, 11) is 0. The normalized spacial score (nSPS) is 10.5. The average molecular weight is 386 g/mol. The van der Waals surface area contributed by atoms with Gasteiger partial charge in [0.15, 0.2) is 0 Å². The summed E-state index contributed by atoms with van der Waals surface area (Å²) in [4.78, 5) is 16.4. The van der Waals surface area contributed by atoms with Crippen LogP contribution in [0.25, 0.3) is 11.6 Å². The number of pyridine rings is 1. The van der Waals surface area contributed by atoms with E-state index < -0.39 is 0 Å². The number of aryl methyl sites for hydroxylation is 1. The molecule has 4 rings (SSSR count). The number of benzene rings is 2. The highest BCUT2D eigenvalue weighted by molar-refractivity contribution is 5.90. The number of carbonyl (C=O) groups is 1. The fraction of sp³-hybridized carbons (Fsp3) is 0.0909. The standard InChI is InChI=1S/C22H18N4O3/c27-20(13-14-21-25-26-22(29-21)19-8-4-5-15-23-19)24-16-9-11-18(12-10-16)28-17-6-2-1-3-7-17/h1-12,15H,13-14H2,(H,24,27). The number of carbonyl (C=O) groups excluding carboxylic acids is 1. The largest absolute Gasteiger partial charge is 0.457 e. The second-order valence-electron chi connectivity index (χ2n) is 6.20. The molecule has 1 amide bonds. The Hall–Kier alpha value is -4.00. The molecule has 0 bridgehead atoms. The third-order valence-electron chi connectivity index (χ3n) is 4.03. The van der Waals surface area contributed by atoms with E-state index in [4.69, 9.17) is 9.15 Å². The number of amides is 1. The third-order valence-corrected chi connectivity index (χ3v) is 4.03. The Labute approximate surface area is 167 Å². The van der Waals surface area contributed by atoms with Crippen molar-refractivity contribution in [2.75, 3.05) is 5.32 Å². The zero-order valence-electron chi connectivity index (χ0n) is 15.5. The number of rotatable bonds is 7. The molecule has 0 aliphatic heterocycles. The zero-order valence-corrected chi connectivity index (χ0v) is 15.5. The highest BCUT2D eigenvalue weighted by Crippen LogP contribution is 2.22. The lowest BCUT2D eigenvalue weighted by Crippen LogP contribution is -2.12. The number of nitrogens with zero attached hydrogens (tertiary/aromatic N) is 3. The van der Waals surface area contributed by atoms with Gasteiger partial charge in [0.25, 0.3) is 5.89 Å². The molecule has 7 nitrogen and oxygen atoms in total. The van der Waals surface area contributed by atoms with Crippen molar-refractivity contribution in [2.45, 2.75) is 12.8 Å². The molecular weight excluding hydrogens is 368 g/mol. The molecule has 2 aromatic carbocycles.